The maximum Gasteiger partial charge on any atom is 0.279 e. The lowest BCUT2D eigenvalue weighted by Crippen LogP contribution is -2.47. The number of hydrogen-bond donors (Lipinski definition) is 3. The fourth-order valence-corrected chi connectivity index (χ4v) is 2.35. The van der Waals surface area contributed by atoms with Gasteiger partial charge in [0.1, 0.15) is 0 Å². The summed E-state index contributed by atoms with van der Waals surface area (Å²) in [5.41, 5.74) is 4.16. The number of hydrazine groups is 1. The van der Waals surface area contributed by atoms with Crippen LogP contribution in [0.1, 0.15) is 11.1 Å². The Balaban J connectivity index is 1.92. The zero-order valence-electron chi connectivity index (χ0n) is 12.8. The van der Waals surface area contributed by atoms with Crippen molar-refractivity contribution >= 4 is 11.9 Å². The van der Waals surface area contributed by atoms with Gasteiger partial charge in [-0.3, -0.25) is 15.6 Å². The Kier molecular flexibility index (Phi) is 4.49. The summed E-state index contributed by atoms with van der Waals surface area (Å²) in [6, 6.07) is 19.2. The molecule has 0 saturated carbocycles. The van der Waals surface area contributed by atoms with Crippen LogP contribution in [0.25, 0.3) is 0 Å². The van der Waals surface area contributed by atoms with Crippen LogP contribution in [0.15, 0.2) is 79.1 Å². The average molecular weight is 320 g/mol. The zero-order valence-corrected chi connectivity index (χ0v) is 12.8. The van der Waals surface area contributed by atoms with E-state index in [1.54, 1.807) is 67.0 Å². The number of benzene rings is 2. The van der Waals surface area contributed by atoms with Crippen LogP contribution in [-0.2, 0) is 10.4 Å². The Hall–Kier alpha value is -3.25. The SMILES string of the molecule is O=C(NNc1ncccn1)C(O)(c1ccccc1)c1ccccc1. The molecule has 1 heterocycles. The molecule has 6 heteroatoms. The lowest BCUT2D eigenvalue weighted by Gasteiger charge is -2.28. The number of carbonyl (C=O) groups is 1. The molecule has 3 rings (SSSR count). The smallest absolute Gasteiger partial charge is 0.279 e. The Bertz CT molecular complexity index is 756. The minimum Gasteiger partial charge on any atom is -0.372 e. The maximum absolute atomic E-state index is 12.8. The van der Waals surface area contributed by atoms with E-state index in [-0.39, 0.29) is 5.95 Å². The molecule has 0 aliphatic carbocycles. The van der Waals surface area contributed by atoms with Gasteiger partial charge < -0.3 is 5.11 Å². The van der Waals surface area contributed by atoms with E-state index in [2.05, 4.69) is 20.8 Å². The van der Waals surface area contributed by atoms with Crippen molar-refractivity contribution in [2.24, 2.45) is 0 Å². The number of carbonyl (C=O) groups excluding carboxylic acids is 1. The molecule has 0 spiro atoms. The van der Waals surface area contributed by atoms with E-state index in [1.807, 2.05) is 12.1 Å². The van der Waals surface area contributed by atoms with Crippen molar-refractivity contribution in [1.29, 1.82) is 0 Å². The summed E-state index contributed by atoms with van der Waals surface area (Å²) in [7, 11) is 0. The standard InChI is InChI=1S/C18H16N4O2/c23-16(21-22-17-19-12-7-13-20-17)18(24,14-8-3-1-4-9-14)15-10-5-2-6-11-15/h1-13,24H,(H,21,23)(H,19,20,22). The zero-order chi connectivity index (χ0) is 16.8. The number of rotatable bonds is 5. The van der Waals surface area contributed by atoms with Crippen molar-refractivity contribution in [3.63, 3.8) is 0 Å². The van der Waals surface area contributed by atoms with Gasteiger partial charge in [-0.05, 0) is 17.2 Å². The lowest BCUT2D eigenvalue weighted by molar-refractivity contribution is -0.136. The summed E-state index contributed by atoms with van der Waals surface area (Å²) in [4.78, 5) is 20.7. The van der Waals surface area contributed by atoms with Gasteiger partial charge >= 0.3 is 0 Å². The average Bonchev–Trinajstić information content (AvgIpc) is 2.67. The van der Waals surface area contributed by atoms with E-state index in [1.165, 1.54) is 0 Å². The highest BCUT2D eigenvalue weighted by Gasteiger charge is 2.39. The number of aliphatic hydroxyl groups is 1. The van der Waals surface area contributed by atoms with Crippen LogP contribution in [-0.4, -0.2) is 21.0 Å². The van der Waals surface area contributed by atoms with Crippen molar-refractivity contribution in [1.82, 2.24) is 15.4 Å². The monoisotopic (exact) mass is 320 g/mol. The summed E-state index contributed by atoms with van der Waals surface area (Å²) in [5, 5.41) is 11.2. The molecule has 0 aliphatic rings. The number of nitrogens with zero attached hydrogens (tertiary/aromatic N) is 2. The van der Waals surface area contributed by atoms with Gasteiger partial charge in [-0.25, -0.2) is 9.97 Å². The van der Waals surface area contributed by atoms with Crippen LogP contribution in [0.4, 0.5) is 5.95 Å². The van der Waals surface area contributed by atoms with E-state index in [9.17, 15) is 9.90 Å². The molecular formula is C18H16N4O2. The van der Waals surface area contributed by atoms with Crippen molar-refractivity contribution in [3.05, 3.63) is 90.3 Å². The van der Waals surface area contributed by atoms with Crippen LogP contribution in [0.2, 0.25) is 0 Å². The lowest BCUT2D eigenvalue weighted by atomic mass is 9.85. The molecule has 24 heavy (non-hydrogen) atoms. The first-order valence-electron chi connectivity index (χ1n) is 7.38. The highest BCUT2D eigenvalue weighted by atomic mass is 16.3. The second-order valence-corrected chi connectivity index (χ2v) is 5.09. The van der Waals surface area contributed by atoms with E-state index < -0.39 is 11.5 Å². The molecule has 0 aliphatic heterocycles. The van der Waals surface area contributed by atoms with Gasteiger partial charge in [0.05, 0.1) is 0 Å². The summed E-state index contributed by atoms with van der Waals surface area (Å²) in [6.45, 7) is 0. The maximum atomic E-state index is 12.8. The number of aromatic nitrogens is 2. The number of nitrogens with one attached hydrogen (secondary N) is 2. The Morgan fingerprint density at radius 2 is 1.33 bits per heavy atom. The Morgan fingerprint density at radius 1 is 0.833 bits per heavy atom. The van der Waals surface area contributed by atoms with Crippen LogP contribution >= 0.6 is 0 Å². The van der Waals surface area contributed by atoms with Crippen molar-refractivity contribution in [3.8, 4) is 0 Å². The number of hydrogen-bond acceptors (Lipinski definition) is 5. The molecular weight excluding hydrogens is 304 g/mol. The third-order valence-electron chi connectivity index (χ3n) is 3.57. The highest BCUT2D eigenvalue weighted by molar-refractivity contribution is 5.90. The van der Waals surface area contributed by atoms with E-state index in [4.69, 9.17) is 0 Å². The largest absolute Gasteiger partial charge is 0.372 e. The molecule has 120 valence electrons. The third kappa shape index (κ3) is 3.09. The summed E-state index contributed by atoms with van der Waals surface area (Å²) in [5.74, 6) is -0.401. The molecule has 2 aromatic carbocycles. The van der Waals surface area contributed by atoms with Gasteiger partial charge in [0.2, 0.25) is 5.95 Å². The quantitative estimate of drug-likeness (QED) is 0.625. The predicted molar refractivity (Wildman–Crippen MR) is 89.7 cm³/mol. The summed E-state index contributed by atoms with van der Waals surface area (Å²) >= 11 is 0. The van der Waals surface area contributed by atoms with Crippen LogP contribution < -0.4 is 10.9 Å². The molecule has 1 aromatic heterocycles. The van der Waals surface area contributed by atoms with Crippen LogP contribution in [0.3, 0.4) is 0 Å². The molecule has 0 saturated heterocycles. The van der Waals surface area contributed by atoms with Gasteiger partial charge in [-0.1, -0.05) is 60.7 Å². The van der Waals surface area contributed by atoms with Gasteiger partial charge in [0.25, 0.3) is 5.91 Å². The van der Waals surface area contributed by atoms with Crippen LogP contribution in [0.5, 0.6) is 0 Å². The molecule has 1 amide bonds. The minimum absolute atomic E-state index is 0.231. The second kappa shape index (κ2) is 6.89. The van der Waals surface area contributed by atoms with Crippen molar-refractivity contribution in [2.45, 2.75) is 5.60 Å². The first-order chi connectivity index (χ1) is 11.7. The number of anilines is 1. The van der Waals surface area contributed by atoms with E-state index in [0.29, 0.717) is 11.1 Å². The fraction of sp³-hybridized carbons (Fsp3) is 0.0556. The van der Waals surface area contributed by atoms with Gasteiger partial charge in [0, 0.05) is 12.4 Å². The second-order valence-electron chi connectivity index (χ2n) is 5.09. The molecule has 0 bridgehead atoms. The molecule has 0 radical (unpaired) electrons. The van der Waals surface area contributed by atoms with E-state index in [0.717, 1.165) is 0 Å². The van der Waals surface area contributed by atoms with E-state index >= 15 is 0 Å². The minimum atomic E-state index is -1.84. The third-order valence-corrected chi connectivity index (χ3v) is 3.57. The fourth-order valence-electron chi connectivity index (χ4n) is 2.35. The van der Waals surface area contributed by atoms with Gasteiger partial charge in [-0.2, -0.15) is 0 Å². The molecule has 0 fully saturated rings. The topological polar surface area (TPSA) is 87.1 Å². The van der Waals surface area contributed by atoms with Gasteiger partial charge in [0.15, 0.2) is 5.60 Å². The molecule has 3 aromatic rings. The molecule has 6 nitrogen and oxygen atoms in total. The normalized spacial score (nSPS) is 10.9. The predicted octanol–water partition coefficient (Wildman–Crippen LogP) is 1.86. The summed E-state index contributed by atoms with van der Waals surface area (Å²) in [6.07, 6.45) is 3.09. The summed E-state index contributed by atoms with van der Waals surface area (Å²) < 4.78 is 0. The van der Waals surface area contributed by atoms with Gasteiger partial charge in [-0.15, -0.1) is 0 Å². The highest BCUT2D eigenvalue weighted by Crippen LogP contribution is 2.29. The Morgan fingerprint density at radius 3 is 1.83 bits per heavy atom. The first-order valence-corrected chi connectivity index (χ1v) is 7.38. The van der Waals surface area contributed by atoms with Crippen LogP contribution in [0, 0.1) is 0 Å². The first kappa shape index (κ1) is 15.6. The van der Waals surface area contributed by atoms with Crippen molar-refractivity contribution in [2.75, 3.05) is 5.43 Å². The molecule has 0 atom stereocenters. The molecule has 0 unspecified atom stereocenters. The van der Waals surface area contributed by atoms with Crippen molar-refractivity contribution < 1.29 is 9.90 Å². The number of amides is 1. The Labute approximate surface area is 139 Å². The molecule has 3 N–H and O–H groups in total.